The van der Waals surface area contributed by atoms with E-state index in [9.17, 15) is 0 Å². The maximum atomic E-state index is 5.68. The van der Waals surface area contributed by atoms with Crippen molar-refractivity contribution >= 4 is 23.0 Å². The summed E-state index contributed by atoms with van der Waals surface area (Å²) in [5, 5.41) is 0.512. The number of thiocarbonyl (C=S) groups is 1. The Hall–Kier alpha value is -2.07. The first-order chi connectivity index (χ1) is 10.7. The van der Waals surface area contributed by atoms with Crippen molar-refractivity contribution in [3.05, 3.63) is 65.7 Å². The van der Waals surface area contributed by atoms with Gasteiger partial charge in [-0.3, -0.25) is 0 Å². The Kier molecular flexibility index (Phi) is 4.59. The molecule has 2 aromatic carbocycles. The van der Waals surface area contributed by atoms with Crippen molar-refractivity contribution in [1.82, 2.24) is 4.90 Å². The highest BCUT2D eigenvalue weighted by atomic mass is 32.1. The minimum atomic E-state index is 0.512. The van der Waals surface area contributed by atoms with E-state index < -0.39 is 0 Å². The summed E-state index contributed by atoms with van der Waals surface area (Å²) < 4.78 is 0. The highest BCUT2D eigenvalue weighted by molar-refractivity contribution is 7.80. The number of piperazine rings is 1. The Balaban J connectivity index is 1.61. The zero-order chi connectivity index (χ0) is 15.4. The van der Waals surface area contributed by atoms with Crippen molar-refractivity contribution < 1.29 is 0 Å². The molecular weight excluding hydrogens is 290 g/mol. The minimum Gasteiger partial charge on any atom is -0.376 e. The third kappa shape index (κ3) is 3.57. The van der Waals surface area contributed by atoms with Crippen molar-refractivity contribution in [3.63, 3.8) is 0 Å². The van der Waals surface area contributed by atoms with Gasteiger partial charge in [-0.25, -0.2) is 0 Å². The van der Waals surface area contributed by atoms with Crippen LogP contribution in [0.25, 0.3) is 0 Å². The van der Waals surface area contributed by atoms with E-state index in [-0.39, 0.29) is 0 Å². The topological polar surface area (TPSA) is 32.5 Å². The third-order valence-corrected chi connectivity index (χ3v) is 4.40. The van der Waals surface area contributed by atoms with Crippen LogP contribution in [0.4, 0.5) is 5.69 Å². The molecule has 0 aromatic heterocycles. The van der Waals surface area contributed by atoms with Gasteiger partial charge in [-0.15, -0.1) is 0 Å². The Bertz CT molecular complexity index is 617. The summed E-state index contributed by atoms with van der Waals surface area (Å²) in [6.45, 7) is 3.74. The van der Waals surface area contributed by atoms with Crippen LogP contribution in [0.3, 0.4) is 0 Å². The van der Waals surface area contributed by atoms with Gasteiger partial charge < -0.3 is 15.5 Å². The quantitative estimate of drug-likeness (QED) is 0.883. The summed E-state index contributed by atoms with van der Waals surface area (Å²) in [7, 11) is 0. The monoisotopic (exact) mass is 311 g/mol. The maximum Gasteiger partial charge on any atom is 0.166 e. The lowest BCUT2D eigenvalue weighted by molar-refractivity contribution is 0.388. The molecule has 1 aliphatic rings. The second-order valence-electron chi connectivity index (χ2n) is 5.64. The molecule has 0 atom stereocenters. The summed E-state index contributed by atoms with van der Waals surface area (Å²) in [4.78, 5) is 4.46. The number of rotatable bonds is 3. The van der Waals surface area contributed by atoms with Crippen LogP contribution in [0.2, 0.25) is 0 Å². The first-order valence-corrected chi connectivity index (χ1v) is 8.05. The van der Waals surface area contributed by atoms with Gasteiger partial charge in [-0.05, 0) is 41.9 Å². The van der Waals surface area contributed by atoms with Crippen molar-refractivity contribution in [2.75, 3.05) is 31.1 Å². The fourth-order valence-corrected chi connectivity index (χ4v) is 3.02. The van der Waals surface area contributed by atoms with E-state index in [1.165, 1.54) is 16.8 Å². The molecule has 114 valence electrons. The molecule has 0 saturated carbocycles. The van der Waals surface area contributed by atoms with Crippen LogP contribution in [-0.4, -0.2) is 36.2 Å². The van der Waals surface area contributed by atoms with Crippen LogP contribution in [-0.2, 0) is 6.42 Å². The molecule has 3 nitrogen and oxygen atoms in total. The number of nitrogens with two attached hydrogens (primary N) is 1. The molecular formula is C18H21N3S. The lowest BCUT2D eigenvalue weighted by atomic mass is 10.0. The van der Waals surface area contributed by atoms with Crippen molar-refractivity contribution in [2.24, 2.45) is 5.73 Å². The molecule has 1 fully saturated rings. The zero-order valence-corrected chi connectivity index (χ0v) is 13.4. The molecule has 0 aliphatic carbocycles. The Morgan fingerprint density at radius 1 is 0.864 bits per heavy atom. The van der Waals surface area contributed by atoms with Crippen LogP contribution in [0.15, 0.2) is 54.6 Å². The molecule has 1 aliphatic heterocycles. The van der Waals surface area contributed by atoms with Gasteiger partial charge in [0.2, 0.25) is 0 Å². The van der Waals surface area contributed by atoms with Gasteiger partial charge in [0.15, 0.2) is 5.11 Å². The Morgan fingerprint density at radius 2 is 1.45 bits per heavy atom. The number of nitrogens with zero attached hydrogens (tertiary/aromatic N) is 2. The van der Waals surface area contributed by atoms with Gasteiger partial charge in [0.25, 0.3) is 0 Å². The lowest BCUT2D eigenvalue weighted by Gasteiger charge is -2.36. The van der Waals surface area contributed by atoms with E-state index in [2.05, 4.69) is 64.4 Å². The number of hydrogen-bond donors (Lipinski definition) is 1. The molecule has 0 spiro atoms. The van der Waals surface area contributed by atoms with E-state index in [1.54, 1.807) is 0 Å². The normalized spacial score (nSPS) is 14.9. The predicted octanol–water partition coefficient (Wildman–Crippen LogP) is 2.64. The molecule has 1 saturated heterocycles. The van der Waals surface area contributed by atoms with Crippen LogP contribution in [0.1, 0.15) is 11.1 Å². The Morgan fingerprint density at radius 3 is 2.05 bits per heavy atom. The molecule has 1 heterocycles. The molecule has 2 aromatic rings. The summed E-state index contributed by atoms with van der Waals surface area (Å²) in [6.07, 6.45) is 0.982. The van der Waals surface area contributed by atoms with Gasteiger partial charge in [0.1, 0.15) is 0 Å². The molecule has 0 radical (unpaired) electrons. The average molecular weight is 311 g/mol. The third-order valence-electron chi connectivity index (χ3n) is 4.14. The molecule has 22 heavy (non-hydrogen) atoms. The number of hydrogen-bond acceptors (Lipinski definition) is 2. The summed E-state index contributed by atoms with van der Waals surface area (Å²) in [5.74, 6) is 0. The largest absolute Gasteiger partial charge is 0.376 e. The number of benzene rings is 2. The highest BCUT2D eigenvalue weighted by Crippen LogP contribution is 2.19. The molecule has 0 bridgehead atoms. The van der Waals surface area contributed by atoms with Gasteiger partial charge in [0, 0.05) is 31.9 Å². The second kappa shape index (κ2) is 6.79. The molecule has 3 rings (SSSR count). The first kappa shape index (κ1) is 14.9. The van der Waals surface area contributed by atoms with Crippen LogP contribution in [0.5, 0.6) is 0 Å². The summed E-state index contributed by atoms with van der Waals surface area (Å²) >= 11 is 5.04. The first-order valence-electron chi connectivity index (χ1n) is 7.64. The highest BCUT2D eigenvalue weighted by Gasteiger charge is 2.17. The van der Waals surface area contributed by atoms with Gasteiger partial charge >= 0.3 is 0 Å². The fraction of sp³-hybridized carbons (Fsp3) is 0.278. The van der Waals surface area contributed by atoms with Gasteiger partial charge in [-0.2, -0.15) is 0 Å². The standard InChI is InChI=1S/C18H21N3S/c19-18(22)21-12-10-20(11-13-21)17-8-6-16(7-9-17)14-15-4-2-1-3-5-15/h1-9H,10-14H2,(H2,19,22). The zero-order valence-electron chi connectivity index (χ0n) is 12.6. The van der Waals surface area contributed by atoms with E-state index in [4.69, 9.17) is 18.0 Å². The Labute approximate surface area is 137 Å². The SMILES string of the molecule is NC(=S)N1CCN(c2ccc(Cc3ccccc3)cc2)CC1. The van der Waals surface area contributed by atoms with Crippen LogP contribution in [0, 0.1) is 0 Å². The predicted molar refractivity (Wildman–Crippen MR) is 96.3 cm³/mol. The fourth-order valence-electron chi connectivity index (χ4n) is 2.84. The van der Waals surface area contributed by atoms with Crippen LogP contribution < -0.4 is 10.6 Å². The molecule has 0 amide bonds. The lowest BCUT2D eigenvalue weighted by Crippen LogP contribution is -2.50. The molecule has 2 N–H and O–H groups in total. The molecule has 0 unspecified atom stereocenters. The van der Waals surface area contributed by atoms with E-state index >= 15 is 0 Å². The number of anilines is 1. The second-order valence-corrected chi connectivity index (χ2v) is 6.06. The van der Waals surface area contributed by atoms with Gasteiger partial charge in [0.05, 0.1) is 0 Å². The van der Waals surface area contributed by atoms with E-state index in [0.717, 1.165) is 32.6 Å². The summed E-state index contributed by atoms with van der Waals surface area (Å²) in [5.41, 5.74) is 9.65. The van der Waals surface area contributed by atoms with E-state index in [0.29, 0.717) is 5.11 Å². The minimum absolute atomic E-state index is 0.512. The summed E-state index contributed by atoms with van der Waals surface area (Å²) in [6, 6.07) is 19.5. The van der Waals surface area contributed by atoms with Crippen molar-refractivity contribution in [1.29, 1.82) is 0 Å². The van der Waals surface area contributed by atoms with E-state index in [1.807, 2.05) is 0 Å². The van der Waals surface area contributed by atoms with Crippen molar-refractivity contribution in [2.45, 2.75) is 6.42 Å². The van der Waals surface area contributed by atoms with Gasteiger partial charge in [-0.1, -0.05) is 42.5 Å². The average Bonchev–Trinajstić information content (AvgIpc) is 2.57. The smallest absolute Gasteiger partial charge is 0.166 e. The van der Waals surface area contributed by atoms with Crippen molar-refractivity contribution in [3.8, 4) is 0 Å². The maximum absolute atomic E-state index is 5.68. The molecule has 4 heteroatoms. The van der Waals surface area contributed by atoms with Crippen LogP contribution >= 0.6 is 12.2 Å².